The number of allylic oxidation sites excluding steroid dienone is 2. The predicted octanol–water partition coefficient (Wildman–Crippen LogP) is 2.40. The number of nitrogens with zero attached hydrogens (tertiary/aromatic N) is 1. The van der Waals surface area contributed by atoms with Gasteiger partial charge in [0.1, 0.15) is 0 Å². The number of nitrogens with one attached hydrogen (secondary N) is 1. The highest BCUT2D eigenvalue weighted by molar-refractivity contribution is 5.94. The SMILES string of the molecule is O=C(O)c1ccc2n[nH]c(C3C=CC=CO3)c2c1. The van der Waals surface area contributed by atoms with Gasteiger partial charge in [0.15, 0.2) is 6.10 Å². The molecule has 2 aromatic rings. The number of hydrogen-bond acceptors (Lipinski definition) is 3. The fourth-order valence-corrected chi connectivity index (χ4v) is 1.93. The lowest BCUT2D eigenvalue weighted by molar-refractivity contribution is 0.0697. The van der Waals surface area contributed by atoms with Crippen molar-refractivity contribution in [2.45, 2.75) is 6.10 Å². The lowest BCUT2D eigenvalue weighted by atomic mass is 10.1. The van der Waals surface area contributed by atoms with Crippen molar-refractivity contribution in [3.05, 3.63) is 53.9 Å². The third-order valence-electron chi connectivity index (χ3n) is 2.82. The summed E-state index contributed by atoms with van der Waals surface area (Å²) in [5.41, 5.74) is 1.72. The first kappa shape index (κ1) is 10.6. The number of benzene rings is 1. The minimum absolute atomic E-state index is 0.237. The number of aromatic nitrogens is 2. The predicted molar refractivity (Wildman–Crippen MR) is 65.2 cm³/mol. The number of rotatable bonds is 2. The van der Waals surface area contributed by atoms with Crippen molar-refractivity contribution in [3.8, 4) is 0 Å². The normalized spacial score (nSPS) is 17.9. The molecule has 0 saturated carbocycles. The van der Waals surface area contributed by atoms with Crippen LogP contribution >= 0.6 is 0 Å². The average molecular weight is 242 g/mol. The number of H-pyrrole nitrogens is 1. The number of carboxylic acids is 1. The summed E-state index contributed by atoms with van der Waals surface area (Å²) in [7, 11) is 0. The van der Waals surface area contributed by atoms with Crippen LogP contribution in [0.15, 0.2) is 42.7 Å². The van der Waals surface area contributed by atoms with Crippen LogP contribution in [0.4, 0.5) is 0 Å². The molecule has 90 valence electrons. The average Bonchev–Trinajstić information content (AvgIpc) is 2.82. The molecule has 1 unspecified atom stereocenters. The van der Waals surface area contributed by atoms with Crippen molar-refractivity contribution in [2.75, 3.05) is 0 Å². The Kier molecular flexibility index (Phi) is 2.37. The number of carboxylic acid groups (broad SMARTS) is 1. The second-order valence-corrected chi connectivity index (χ2v) is 3.94. The molecular formula is C13H10N2O3. The van der Waals surface area contributed by atoms with Gasteiger partial charge in [-0.25, -0.2) is 4.79 Å². The van der Waals surface area contributed by atoms with Crippen molar-refractivity contribution < 1.29 is 14.6 Å². The van der Waals surface area contributed by atoms with Gasteiger partial charge in [-0.3, -0.25) is 5.10 Å². The summed E-state index contributed by atoms with van der Waals surface area (Å²) in [6, 6.07) is 4.82. The zero-order valence-corrected chi connectivity index (χ0v) is 9.33. The van der Waals surface area contributed by atoms with E-state index in [1.165, 1.54) is 6.07 Å². The summed E-state index contributed by atoms with van der Waals surface area (Å²) in [6.07, 6.45) is 6.88. The van der Waals surface area contributed by atoms with E-state index in [0.717, 1.165) is 16.6 Å². The maximum Gasteiger partial charge on any atom is 0.335 e. The van der Waals surface area contributed by atoms with Gasteiger partial charge in [0.2, 0.25) is 0 Å². The molecule has 0 spiro atoms. The van der Waals surface area contributed by atoms with E-state index in [0.29, 0.717) is 0 Å². The van der Waals surface area contributed by atoms with Gasteiger partial charge in [-0.2, -0.15) is 5.10 Å². The van der Waals surface area contributed by atoms with Gasteiger partial charge in [0.05, 0.1) is 23.0 Å². The molecule has 1 aliphatic heterocycles. The molecule has 0 bridgehead atoms. The Hall–Kier alpha value is -2.56. The topological polar surface area (TPSA) is 75.2 Å². The molecule has 0 saturated heterocycles. The van der Waals surface area contributed by atoms with Crippen LogP contribution in [-0.2, 0) is 4.74 Å². The number of carbonyl (C=O) groups is 1. The van der Waals surface area contributed by atoms with Gasteiger partial charge in [-0.05, 0) is 30.4 Å². The van der Waals surface area contributed by atoms with E-state index in [2.05, 4.69) is 10.2 Å². The van der Waals surface area contributed by atoms with Crippen molar-refractivity contribution in [2.24, 2.45) is 0 Å². The van der Waals surface area contributed by atoms with E-state index in [4.69, 9.17) is 9.84 Å². The zero-order chi connectivity index (χ0) is 12.5. The van der Waals surface area contributed by atoms with Crippen LogP contribution in [0.25, 0.3) is 10.9 Å². The van der Waals surface area contributed by atoms with Crippen LogP contribution in [0.3, 0.4) is 0 Å². The van der Waals surface area contributed by atoms with Crippen molar-refractivity contribution >= 4 is 16.9 Å². The van der Waals surface area contributed by atoms with Gasteiger partial charge < -0.3 is 9.84 Å². The van der Waals surface area contributed by atoms with E-state index in [9.17, 15) is 4.79 Å². The van der Waals surface area contributed by atoms with Gasteiger partial charge >= 0.3 is 5.97 Å². The van der Waals surface area contributed by atoms with E-state index in [1.807, 2.05) is 12.2 Å². The Morgan fingerprint density at radius 3 is 3.00 bits per heavy atom. The summed E-state index contributed by atoms with van der Waals surface area (Å²) in [5.74, 6) is -0.955. The molecule has 1 aliphatic rings. The van der Waals surface area contributed by atoms with Crippen LogP contribution in [-0.4, -0.2) is 21.3 Å². The smallest absolute Gasteiger partial charge is 0.335 e. The third kappa shape index (κ3) is 1.66. The molecule has 18 heavy (non-hydrogen) atoms. The molecule has 2 N–H and O–H groups in total. The Labute approximate surface area is 102 Å². The number of fused-ring (bicyclic) bond motifs is 1. The Bertz CT molecular complexity index is 670. The van der Waals surface area contributed by atoms with Crippen molar-refractivity contribution in [3.63, 3.8) is 0 Å². The van der Waals surface area contributed by atoms with Gasteiger partial charge in [0.25, 0.3) is 0 Å². The summed E-state index contributed by atoms with van der Waals surface area (Å²) >= 11 is 0. The van der Waals surface area contributed by atoms with Gasteiger partial charge in [0, 0.05) is 5.39 Å². The van der Waals surface area contributed by atoms with Crippen LogP contribution in [0.1, 0.15) is 22.2 Å². The molecule has 3 rings (SSSR count). The first-order chi connectivity index (χ1) is 8.75. The van der Waals surface area contributed by atoms with E-state index in [1.54, 1.807) is 24.5 Å². The fourth-order valence-electron chi connectivity index (χ4n) is 1.93. The largest absolute Gasteiger partial charge is 0.488 e. The first-order valence-electron chi connectivity index (χ1n) is 5.46. The Balaban J connectivity index is 2.12. The van der Waals surface area contributed by atoms with Crippen LogP contribution in [0.5, 0.6) is 0 Å². The van der Waals surface area contributed by atoms with Crippen LogP contribution in [0.2, 0.25) is 0 Å². The lowest BCUT2D eigenvalue weighted by Gasteiger charge is -2.13. The lowest BCUT2D eigenvalue weighted by Crippen LogP contribution is -2.01. The number of aromatic carboxylic acids is 1. The van der Waals surface area contributed by atoms with E-state index in [-0.39, 0.29) is 11.7 Å². The minimum Gasteiger partial charge on any atom is -0.488 e. The minimum atomic E-state index is -0.955. The maximum atomic E-state index is 11.0. The Morgan fingerprint density at radius 1 is 1.39 bits per heavy atom. The highest BCUT2D eigenvalue weighted by atomic mass is 16.5. The molecule has 5 nitrogen and oxygen atoms in total. The summed E-state index contributed by atoms with van der Waals surface area (Å²) in [6.45, 7) is 0. The second-order valence-electron chi connectivity index (χ2n) is 3.94. The fraction of sp³-hybridized carbons (Fsp3) is 0.0769. The second kappa shape index (κ2) is 4.03. The van der Waals surface area contributed by atoms with Crippen LogP contribution < -0.4 is 0 Å². The van der Waals surface area contributed by atoms with Crippen molar-refractivity contribution in [1.29, 1.82) is 0 Å². The quantitative estimate of drug-likeness (QED) is 0.847. The third-order valence-corrected chi connectivity index (χ3v) is 2.82. The maximum absolute atomic E-state index is 11.0. The van der Waals surface area contributed by atoms with E-state index < -0.39 is 5.97 Å². The molecule has 2 heterocycles. The molecule has 0 fully saturated rings. The molecule has 1 atom stereocenters. The molecular weight excluding hydrogens is 232 g/mol. The summed E-state index contributed by atoms with van der Waals surface area (Å²) in [5, 5.41) is 16.8. The zero-order valence-electron chi connectivity index (χ0n) is 9.33. The van der Waals surface area contributed by atoms with Gasteiger partial charge in [-0.1, -0.05) is 6.08 Å². The monoisotopic (exact) mass is 242 g/mol. The molecule has 0 radical (unpaired) electrons. The first-order valence-corrected chi connectivity index (χ1v) is 5.46. The molecule has 1 aromatic heterocycles. The Morgan fingerprint density at radius 2 is 2.28 bits per heavy atom. The highest BCUT2D eigenvalue weighted by Gasteiger charge is 2.17. The number of hydrogen-bond donors (Lipinski definition) is 2. The number of ether oxygens (including phenoxy) is 1. The molecule has 1 aromatic carbocycles. The molecule has 5 heteroatoms. The van der Waals surface area contributed by atoms with Gasteiger partial charge in [-0.15, -0.1) is 0 Å². The molecule has 0 amide bonds. The standard InChI is InChI=1S/C13H10N2O3/c16-13(17)8-4-5-10-9(7-8)12(15-14-10)11-3-1-2-6-18-11/h1-7,11H,(H,14,15)(H,16,17). The summed E-state index contributed by atoms with van der Waals surface area (Å²) in [4.78, 5) is 11.0. The van der Waals surface area contributed by atoms with Crippen molar-refractivity contribution in [1.82, 2.24) is 10.2 Å². The summed E-state index contributed by atoms with van der Waals surface area (Å²) < 4.78 is 5.44. The highest BCUT2D eigenvalue weighted by Crippen LogP contribution is 2.27. The van der Waals surface area contributed by atoms with E-state index >= 15 is 0 Å². The van der Waals surface area contributed by atoms with Crippen LogP contribution in [0, 0.1) is 0 Å². The molecule has 0 aliphatic carbocycles. The number of aromatic amines is 1.